The van der Waals surface area contributed by atoms with Crippen LogP contribution in [0.25, 0.3) is 0 Å². The summed E-state index contributed by atoms with van der Waals surface area (Å²) in [6.07, 6.45) is -0.373. The number of esters is 2. The zero-order chi connectivity index (χ0) is 11.1. The van der Waals surface area contributed by atoms with E-state index in [4.69, 9.17) is 16.6 Å². The van der Waals surface area contributed by atoms with Crippen LogP contribution in [0.1, 0.15) is 19.8 Å². The van der Waals surface area contributed by atoms with Gasteiger partial charge in [0.05, 0.1) is 0 Å². The quantitative estimate of drug-likeness (QED) is 0.371. The van der Waals surface area contributed by atoms with E-state index in [1.807, 2.05) is 0 Å². The lowest BCUT2D eigenvalue weighted by Crippen LogP contribution is -2.36. The van der Waals surface area contributed by atoms with E-state index in [1.54, 1.807) is 0 Å². The normalized spacial score (nSPS) is 14.6. The molecule has 0 aliphatic rings. The van der Waals surface area contributed by atoms with Crippen LogP contribution in [0.5, 0.6) is 0 Å². The molecular formula is C8H16N2O4. The molecule has 0 heterocycles. The molecule has 0 amide bonds. The number of aliphatic hydroxyl groups is 1. The zero-order valence-electron chi connectivity index (χ0n) is 8.10. The summed E-state index contributed by atoms with van der Waals surface area (Å²) >= 11 is 0. The predicted octanol–water partition coefficient (Wildman–Crippen LogP) is -1.50. The van der Waals surface area contributed by atoms with Gasteiger partial charge in [-0.3, -0.25) is 0 Å². The lowest BCUT2D eigenvalue weighted by molar-refractivity contribution is -0.166. The van der Waals surface area contributed by atoms with Gasteiger partial charge in [0.2, 0.25) is 0 Å². The Kier molecular flexibility index (Phi) is 6.02. The molecule has 6 nitrogen and oxygen atoms in total. The third-order valence-electron chi connectivity index (χ3n) is 1.56. The Labute approximate surface area is 82.2 Å². The van der Waals surface area contributed by atoms with E-state index >= 15 is 0 Å². The van der Waals surface area contributed by atoms with Crippen molar-refractivity contribution in [3.05, 3.63) is 0 Å². The van der Waals surface area contributed by atoms with Gasteiger partial charge >= 0.3 is 11.9 Å². The van der Waals surface area contributed by atoms with Crippen molar-refractivity contribution in [3.63, 3.8) is 0 Å². The Hall–Kier alpha value is -0.980. The molecule has 0 saturated heterocycles. The SMILES string of the molecule is CC(O)C(=O)OC(=O)C(N)CCCN. The van der Waals surface area contributed by atoms with Crippen LogP contribution in [0, 0.1) is 0 Å². The molecule has 0 radical (unpaired) electrons. The van der Waals surface area contributed by atoms with Gasteiger partial charge in [0.15, 0.2) is 0 Å². The molecular weight excluding hydrogens is 188 g/mol. The Bertz CT molecular complexity index is 206. The van der Waals surface area contributed by atoms with E-state index in [1.165, 1.54) is 6.92 Å². The maximum absolute atomic E-state index is 11.0. The molecule has 6 heteroatoms. The summed E-state index contributed by atoms with van der Waals surface area (Å²) in [5.74, 6) is -1.82. The summed E-state index contributed by atoms with van der Waals surface area (Å²) in [7, 11) is 0. The predicted molar refractivity (Wildman–Crippen MR) is 49.0 cm³/mol. The number of carbonyl (C=O) groups excluding carboxylic acids is 2. The summed E-state index contributed by atoms with van der Waals surface area (Å²) in [5, 5.41) is 8.74. The molecule has 5 N–H and O–H groups in total. The Morgan fingerprint density at radius 2 is 2.00 bits per heavy atom. The Balaban J connectivity index is 3.89. The molecule has 0 saturated carbocycles. The van der Waals surface area contributed by atoms with E-state index < -0.39 is 24.1 Å². The number of rotatable bonds is 5. The van der Waals surface area contributed by atoms with Crippen molar-refractivity contribution in [1.82, 2.24) is 0 Å². The summed E-state index contributed by atoms with van der Waals surface area (Å²) < 4.78 is 4.28. The summed E-state index contributed by atoms with van der Waals surface area (Å²) in [6.45, 7) is 1.63. The molecule has 0 aliphatic heterocycles. The molecule has 0 rings (SSSR count). The van der Waals surface area contributed by atoms with Gasteiger partial charge in [0, 0.05) is 0 Å². The molecule has 2 unspecified atom stereocenters. The second kappa shape index (κ2) is 6.47. The number of carbonyl (C=O) groups is 2. The lowest BCUT2D eigenvalue weighted by Gasteiger charge is -2.10. The third kappa shape index (κ3) is 4.90. The fourth-order valence-electron chi connectivity index (χ4n) is 0.716. The first-order valence-corrected chi connectivity index (χ1v) is 4.38. The van der Waals surface area contributed by atoms with E-state index in [0.29, 0.717) is 19.4 Å². The average Bonchev–Trinajstić information content (AvgIpc) is 2.13. The maximum Gasteiger partial charge on any atom is 0.342 e. The zero-order valence-corrected chi connectivity index (χ0v) is 8.10. The minimum absolute atomic E-state index is 0.364. The van der Waals surface area contributed by atoms with Gasteiger partial charge in [-0.25, -0.2) is 9.59 Å². The van der Waals surface area contributed by atoms with Crippen molar-refractivity contribution in [2.45, 2.75) is 31.9 Å². The summed E-state index contributed by atoms with van der Waals surface area (Å²) in [6, 6.07) is -0.860. The Morgan fingerprint density at radius 3 is 2.43 bits per heavy atom. The van der Waals surface area contributed by atoms with Crippen LogP contribution < -0.4 is 11.5 Å². The van der Waals surface area contributed by atoms with E-state index in [-0.39, 0.29) is 0 Å². The molecule has 0 aromatic heterocycles. The number of aliphatic hydroxyl groups excluding tert-OH is 1. The highest BCUT2D eigenvalue weighted by Crippen LogP contribution is 1.97. The third-order valence-corrected chi connectivity index (χ3v) is 1.56. The van der Waals surface area contributed by atoms with Gasteiger partial charge in [0.25, 0.3) is 0 Å². The van der Waals surface area contributed by atoms with Crippen molar-refractivity contribution in [1.29, 1.82) is 0 Å². The number of ether oxygens (including phenoxy) is 1. The fraction of sp³-hybridized carbons (Fsp3) is 0.750. The number of hydrogen-bond donors (Lipinski definition) is 3. The van der Waals surface area contributed by atoms with Gasteiger partial charge in [-0.05, 0) is 26.3 Å². The topological polar surface area (TPSA) is 116 Å². The van der Waals surface area contributed by atoms with Gasteiger partial charge in [-0.15, -0.1) is 0 Å². The van der Waals surface area contributed by atoms with E-state index in [2.05, 4.69) is 4.74 Å². The van der Waals surface area contributed by atoms with Gasteiger partial charge in [-0.2, -0.15) is 0 Å². The number of nitrogens with two attached hydrogens (primary N) is 2. The Morgan fingerprint density at radius 1 is 1.43 bits per heavy atom. The summed E-state index contributed by atoms with van der Waals surface area (Å²) in [4.78, 5) is 21.8. The lowest BCUT2D eigenvalue weighted by atomic mass is 10.2. The highest BCUT2D eigenvalue weighted by atomic mass is 16.6. The first-order chi connectivity index (χ1) is 6.49. The standard InChI is InChI=1S/C8H16N2O4/c1-5(11)7(12)14-8(13)6(10)3-2-4-9/h5-6,11H,2-4,9-10H2,1H3. The van der Waals surface area contributed by atoms with Crippen LogP contribution in [0.3, 0.4) is 0 Å². The molecule has 82 valence electrons. The highest BCUT2D eigenvalue weighted by Gasteiger charge is 2.20. The second-order valence-electron chi connectivity index (χ2n) is 2.95. The largest absolute Gasteiger partial charge is 0.390 e. The van der Waals surface area contributed by atoms with Crippen LogP contribution in [-0.2, 0) is 14.3 Å². The minimum atomic E-state index is -1.32. The van der Waals surface area contributed by atoms with Crippen LogP contribution in [0.15, 0.2) is 0 Å². The molecule has 0 aromatic rings. The van der Waals surface area contributed by atoms with Gasteiger partial charge in [-0.1, -0.05) is 0 Å². The first-order valence-electron chi connectivity index (χ1n) is 4.38. The van der Waals surface area contributed by atoms with Crippen molar-refractivity contribution >= 4 is 11.9 Å². The summed E-state index contributed by atoms with van der Waals surface area (Å²) in [5.41, 5.74) is 10.6. The van der Waals surface area contributed by atoms with Crippen LogP contribution in [0.4, 0.5) is 0 Å². The molecule has 0 aromatic carbocycles. The molecule has 0 bridgehead atoms. The molecule has 2 atom stereocenters. The van der Waals surface area contributed by atoms with Crippen molar-refractivity contribution < 1.29 is 19.4 Å². The van der Waals surface area contributed by atoms with Crippen molar-refractivity contribution in [2.75, 3.05) is 6.54 Å². The molecule has 0 aliphatic carbocycles. The monoisotopic (exact) mass is 204 g/mol. The van der Waals surface area contributed by atoms with Gasteiger partial charge < -0.3 is 21.3 Å². The van der Waals surface area contributed by atoms with Crippen molar-refractivity contribution in [2.24, 2.45) is 11.5 Å². The minimum Gasteiger partial charge on any atom is -0.390 e. The number of hydrogen-bond acceptors (Lipinski definition) is 6. The molecule has 0 fully saturated rings. The van der Waals surface area contributed by atoms with Crippen LogP contribution in [-0.4, -0.2) is 35.7 Å². The molecule has 0 spiro atoms. The first kappa shape index (κ1) is 13.0. The second-order valence-corrected chi connectivity index (χ2v) is 2.95. The highest BCUT2D eigenvalue weighted by molar-refractivity contribution is 5.89. The van der Waals surface area contributed by atoms with E-state index in [0.717, 1.165) is 0 Å². The van der Waals surface area contributed by atoms with Crippen LogP contribution >= 0.6 is 0 Å². The fourth-order valence-corrected chi connectivity index (χ4v) is 0.716. The average molecular weight is 204 g/mol. The van der Waals surface area contributed by atoms with Crippen molar-refractivity contribution in [3.8, 4) is 0 Å². The maximum atomic E-state index is 11.0. The van der Waals surface area contributed by atoms with Crippen LogP contribution in [0.2, 0.25) is 0 Å². The smallest absolute Gasteiger partial charge is 0.342 e. The van der Waals surface area contributed by atoms with Gasteiger partial charge in [0.1, 0.15) is 12.1 Å². The molecule has 14 heavy (non-hydrogen) atoms. The van der Waals surface area contributed by atoms with E-state index in [9.17, 15) is 9.59 Å².